The van der Waals surface area contributed by atoms with Crippen molar-refractivity contribution in [1.82, 2.24) is 0 Å². The molecule has 0 saturated carbocycles. The SMILES string of the molecule is COc1ccc(COC(=O)c2cc(S(C)(=O)=O)ccc2Cl)cc1F. The average Bonchev–Trinajstić information content (AvgIpc) is 2.52. The number of carbonyl (C=O) groups excluding carboxylic acids is 1. The van der Waals surface area contributed by atoms with Crippen molar-refractivity contribution in [3.8, 4) is 5.75 Å². The summed E-state index contributed by atoms with van der Waals surface area (Å²) < 4.78 is 46.6. The molecule has 0 aromatic heterocycles. The van der Waals surface area contributed by atoms with Crippen LogP contribution in [0.1, 0.15) is 15.9 Å². The van der Waals surface area contributed by atoms with Crippen molar-refractivity contribution in [3.63, 3.8) is 0 Å². The van der Waals surface area contributed by atoms with Gasteiger partial charge in [0.15, 0.2) is 21.4 Å². The van der Waals surface area contributed by atoms with Crippen molar-refractivity contribution in [1.29, 1.82) is 0 Å². The summed E-state index contributed by atoms with van der Waals surface area (Å²) in [6.45, 7) is -0.195. The van der Waals surface area contributed by atoms with E-state index < -0.39 is 21.6 Å². The minimum absolute atomic E-state index is 0.0469. The van der Waals surface area contributed by atoms with Crippen molar-refractivity contribution in [2.24, 2.45) is 0 Å². The molecule has 2 aromatic carbocycles. The maximum atomic E-state index is 13.6. The summed E-state index contributed by atoms with van der Waals surface area (Å²) >= 11 is 5.92. The Bertz CT molecular complexity index is 880. The lowest BCUT2D eigenvalue weighted by atomic mass is 10.2. The van der Waals surface area contributed by atoms with Crippen LogP contribution in [0.2, 0.25) is 5.02 Å². The maximum Gasteiger partial charge on any atom is 0.340 e. The molecule has 0 spiro atoms. The summed E-state index contributed by atoms with van der Waals surface area (Å²) in [5.74, 6) is -1.31. The van der Waals surface area contributed by atoms with Crippen molar-refractivity contribution in [3.05, 3.63) is 58.4 Å². The summed E-state index contributed by atoms with van der Waals surface area (Å²) in [7, 11) is -2.14. The molecule has 5 nitrogen and oxygen atoms in total. The third-order valence-electron chi connectivity index (χ3n) is 3.17. The van der Waals surface area contributed by atoms with Crippen molar-refractivity contribution < 1.29 is 27.1 Å². The molecule has 0 aliphatic heterocycles. The second-order valence-corrected chi connectivity index (χ2v) is 7.38. The second-order valence-electron chi connectivity index (χ2n) is 4.96. The number of ether oxygens (including phenoxy) is 2. The van der Waals surface area contributed by atoms with E-state index in [1.165, 1.54) is 31.4 Å². The predicted molar refractivity (Wildman–Crippen MR) is 86.6 cm³/mol. The first-order chi connectivity index (χ1) is 11.2. The molecule has 0 bridgehead atoms. The smallest absolute Gasteiger partial charge is 0.340 e. The van der Waals surface area contributed by atoms with E-state index in [1.807, 2.05) is 0 Å². The van der Waals surface area contributed by atoms with E-state index in [4.69, 9.17) is 21.1 Å². The minimum atomic E-state index is -3.49. The highest BCUT2D eigenvalue weighted by Gasteiger charge is 2.17. The molecule has 8 heteroatoms. The number of sulfone groups is 1. The zero-order valence-corrected chi connectivity index (χ0v) is 14.4. The molecule has 0 aliphatic rings. The molecule has 0 fully saturated rings. The summed E-state index contributed by atoms with van der Waals surface area (Å²) in [4.78, 5) is 12.1. The zero-order valence-electron chi connectivity index (χ0n) is 12.9. The van der Waals surface area contributed by atoms with E-state index in [0.29, 0.717) is 5.56 Å². The largest absolute Gasteiger partial charge is 0.494 e. The Morgan fingerprint density at radius 3 is 2.50 bits per heavy atom. The van der Waals surface area contributed by atoms with Gasteiger partial charge in [-0.3, -0.25) is 0 Å². The van der Waals surface area contributed by atoms with E-state index >= 15 is 0 Å². The molecule has 0 radical (unpaired) electrons. The van der Waals surface area contributed by atoms with Gasteiger partial charge in [0.2, 0.25) is 0 Å². The van der Waals surface area contributed by atoms with E-state index in [9.17, 15) is 17.6 Å². The molecule has 0 heterocycles. The quantitative estimate of drug-likeness (QED) is 0.753. The second kappa shape index (κ2) is 7.19. The van der Waals surface area contributed by atoms with Gasteiger partial charge in [-0.1, -0.05) is 17.7 Å². The average molecular weight is 373 g/mol. The number of benzene rings is 2. The van der Waals surface area contributed by atoms with Gasteiger partial charge < -0.3 is 9.47 Å². The number of carbonyl (C=O) groups is 1. The standard InChI is InChI=1S/C16H14ClFO5S/c1-22-15-6-3-10(7-14(15)18)9-23-16(19)12-8-11(24(2,20)21)4-5-13(12)17/h3-8H,9H2,1-2H3. The molecule has 0 amide bonds. The Hall–Kier alpha value is -2.12. The molecular formula is C16H14ClFO5S. The lowest BCUT2D eigenvalue weighted by molar-refractivity contribution is 0.0472. The fourth-order valence-corrected chi connectivity index (χ4v) is 2.76. The van der Waals surface area contributed by atoms with Crippen molar-refractivity contribution in [2.75, 3.05) is 13.4 Å². The van der Waals surface area contributed by atoms with Crippen LogP contribution < -0.4 is 4.74 Å². The molecule has 0 saturated heterocycles. The van der Waals surface area contributed by atoms with Crippen LogP contribution in [0.5, 0.6) is 5.75 Å². The summed E-state index contributed by atoms with van der Waals surface area (Å²) in [5, 5.41) is 0.0633. The van der Waals surface area contributed by atoms with Crippen molar-refractivity contribution >= 4 is 27.4 Å². The number of esters is 1. The van der Waals surface area contributed by atoms with Gasteiger partial charge in [0.05, 0.1) is 22.6 Å². The Kier molecular flexibility index (Phi) is 5.46. The van der Waals surface area contributed by atoms with Crippen LogP contribution in [0, 0.1) is 5.82 Å². The first kappa shape index (κ1) is 18.2. The van der Waals surface area contributed by atoms with Gasteiger partial charge in [-0.2, -0.15) is 0 Å². The Labute approximate surface area is 143 Å². The monoisotopic (exact) mass is 372 g/mol. The molecule has 0 unspecified atom stereocenters. The number of halogens is 2. The fraction of sp³-hybridized carbons (Fsp3) is 0.188. The van der Waals surface area contributed by atoms with Gasteiger partial charge in [0, 0.05) is 6.26 Å². The number of rotatable bonds is 5. The highest BCUT2D eigenvalue weighted by atomic mass is 35.5. The topological polar surface area (TPSA) is 69.7 Å². The van der Waals surface area contributed by atoms with Crippen LogP contribution in [0.3, 0.4) is 0 Å². The van der Waals surface area contributed by atoms with E-state index in [0.717, 1.165) is 12.3 Å². The molecule has 0 atom stereocenters. The Balaban J connectivity index is 2.17. The van der Waals surface area contributed by atoms with Crippen LogP contribution in [0.25, 0.3) is 0 Å². The highest BCUT2D eigenvalue weighted by Crippen LogP contribution is 2.22. The lowest BCUT2D eigenvalue weighted by Gasteiger charge is -2.09. The number of hydrogen-bond donors (Lipinski definition) is 0. The Morgan fingerprint density at radius 1 is 1.21 bits per heavy atom. The molecule has 2 rings (SSSR count). The van der Waals surface area contributed by atoms with Crippen LogP contribution >= 0.6 is 11.6 Å². The van der Waals surface area contributed by atoms with Crippen LogP contribution in [-0.2, 0) is 21.2 Å². The number of hydrogen-bond acceptors (Lipinski definition) is 5. The fourth-order valence-electron chi connectivity index (χ4n) is 1.92. The van der Waals surface area contributed by atoms with Crippen LogP contribution in [0.4, 0.5) is 4.39 Å². The molecule has 0 N–H and O–H groups in total. The van der Waals surface area contributed by atoms with Gasteiger partial charge in [-0.25, -0.2) is 17.6 Å². The first-order valence-corrected chi connectivity index (χ1v) is 8.98. The van der Waals surface area contributed by atoms with Gasteiger partial charge in [-0.05, 0) is 35.9 Å². The van der Waals surface area contributed by atoms with E-state index in [-0.39, 0.29) is 27.8 Å². The normalized spacial score (nSPS) is 11.2. The number of methoxy groups -OCH3 is 1. The summed E-state index contributed by atoms with van der Waals surface area (Å²) in [6.07, 6.45) is 1.02. The van der Waals surface area contributed by atoms with Gasteiger partial charge >= 0.3 is 5.97 Å². The molecular weight excluding hydrogens is 359 g/mol. The first-order valence-electron chi connectivity index (χ1n) is 6.71. The molecule has 24 heavy (non-hydrogen) atoms. The maximum absolute atomic E-state index is 13.6. The lowest BCUT2D eigenvalue weighted by Crippen LogP contribution is -2.08. The summed E-state index contributed by atoms with van der Waals surface area (Å²) in [5.41, 5.74) is 0.339. The zero-order chi connectivity index (χ0) is 17.9. The highest BCUT2D eigenvalue weighted by molar-refractivity contribution is 7.90. The molecule has 0 aliphatic carbocycles. The molecule has 2 aromatic rings. The predicted octanol–water partition coefficient (Wildman–Crippen LogP) is 3.25. The van der Waals surface area contributed by atoms with E-state index in [1.54, 1.807) is 6.07 Å². The third kappa shape index (κ3) is 4.24. The van der Waals surface area contributed by atoms with Crippen LogP contribution in [0.15, 0.2) is 41.3 Å². The summed E-state index contributed by atoms with van der Waals surface area (Å²) in [6, 6.07) is 7.89. The minimum Gasteiger partial charge on any atom is -0.494 e. The Morgan fingerprint density at radius 2 is 1.92 bits per heavy atom. The van der Waals surface area contributed by atoms with E-state index in [2.05, 4.69) is 0 Å². The van der Waals surface area contributed by atoms with Crippen molar-refractivity contribution in [2.45, 2.75) is 11.5 Å². The van der Waals surface area contributed by atoms with Gasteiger partial charge in [0.25, 0.3) is 0 Å². The van der Waals surface area contributed by atoms with Crippen LogP contribution in [-0.4, -0.2) is 27.8 Å². The van der Waals surface area contributed by atoms with Gasteiger partial charge in [-0.15, -0.1) is 0 Å². The molecule has 128 valence electrons. The third-order valence-corrected chi connectivity index (χ3v) is 4.61. The van der Waals surface area contributed by atoms with Gasteiger partial charge in [0.1, 0.15) is 6.61 Å².